The van der Waals surface area contributed by atoms with Crippen LogP contribution in [0.4, 0.5) is 17.5 Å². The number of ether oxygens (including phenoxy) is 1. The van der Waals surface area contributed by atoms with Crippen LogP contribution in [-0.2, 0) is 4.74 Å². The average molecular weight is 352 g/mol. The van der Waals surface area contributed by atoms with Crippen LogP contribution in [0.1, 0.15) is 42.5 Å². The summed E-state index contributed by atoms with van der Waals surface area (Å²) in [5.41, 5.74) is 2.86. The number of nitrogens with zero attached hydrogens (tertiary/aromatic N) is 2. The monoisotopic (exact) mass is 352 g/mol. The Hall–Kier alpha value is -2.89. The van der Waals surface area contributed by atoms with E-state index in [0.717, 1.165) is 24.5 Å². The quantitative estimate of drug-likeness (QED) is 0.571. The fourth-order valence-corrected chi connectivity index (χ4v) is 2.94. The van der Waals surface area contributed by atoms with Crippen molar-refractivity contribution in [3.8, 4) is 0 Å². The zero-order valence-corrected chi connectivity index (χ0v) is 15.0. The first-order chi connectivity index (χ1) is 12.7. The molecule has 0 saturated carbocycles. The standard InChI is InChI=1S/C20H24N4O2/c1-26-19(25)16-7-9-17(10-8-16)23-20-22-14-12-18(24-20)21-13-11-15-5-3-2-4-6-15/h5,7-10,12,14H,2-4,6,11,13H2,1H3,(H2,21,22,23,24). The maximum Gasteiger partial charge on any atom is 0.337 e. The second-order valence-corrected chi connectivity index (χ2v) is 6.24. The van der Waals surface area contributed by atoms with Crippen LogP contribution in [0.2, 0.25) is 0 Å². The molecule has 6 nitrogen and oxygen atoms in total. The van der Waals surface area contributed by atoms with Crippen LogP contribution in [0.25, 0.3) is 0 Å². The van der Waals surface area contributed by atoms with Crippen LogP contribution >= 0.6 is 0 Å². The summed E-state index contributed by atoms with van der Waals surface area (Å²) in [5, 5.41) is 6.50. The van der Waals surface area contributed by atoms with E-state index in [4.69, 9.17) is 4.74 Å². The van der Waals surface area contributed by atoms with Crippen molar-refractivity contribution in [2.45, 2.75) is 32.1 Å². The third-order valence-corrected chi connectivity index (χ3v) is 4.35. The lowest BCUT2D eigenvalue weighted by Crippen LogP contribution is -2.07. The van der Waals surface area contributed by atoms with E-state index in [0.29, 0.717) is 11.5 Å². The summed E-state index contributed by atoms with van der Waals surface area (Å²) in [7, 11) is 1.37. The van der Waals surface area contributed by atoms with E-state index < -0.39 is 0 Å². The number of allylic oxidation sites excluding steroid dienone is 1. The van der Waals surface area contributed by atoms with Gasteiger partial charge in [-0.2, -0.15) is 4.98 Å². The summed E-state index contributed by atoms with van der Waals surface area (Å²) in [6, 6.07) is 8.86. The Morgan fingerprint density at radius 2 is 2.04 bits per heavy atom. The molecule has 1 aromatic carbocycles. The fourth-order valence-electron chi connectivity index (χ4n) is 2.94. The van der Waals surface area contributed by atoms with Crippen molar-refractivity contribution >= 4 is 23.4 Å². The normalized spacial score (nSPS) is 13.7. The van der Waals surface area contributed by atoms with E-state index in [-0.39, 0.29) is 5.97 Å². The number of esters is 1. The van der Waals surface area contributed by atoms with Crippen molar-refractivity contribution in [3.05, 3.63) is 53.7 Å². The van der Waals surface area contributed by atoms with Gasteiger partial charge < -0.3 is 15.4 Å². The molecule has 0 amide bonds. The maximum absolute atomic E-state index is 11.5. The van der Waals surface area contributed by atoms with E-state index in [1.54, 1.807) is 36.0 Å². The van der Waals surface area contributed by atoms with Gasteiger partial charge in [-0.25, -0.2) is 9.78 Å². The van der Waals surface area contributed by atoms with Crippen LogP contribution in [0.5, 0.6) is 0 Å². The topological polar surface area (TPSA) is 76.1 Å². The summed E-state index contributed by atoms with van der Waals surface area (Å²) in [6.45, 7) is 0.871. The molecule has 0 radical (unpaired) electrons. The average Bonchev–Trinajstić information content (AvgIpc) is 2.69. The third-order valence-electron chi connectivity index (χ3n) is 4.35. The lowest BCUT2D eigenvalue weighted by molar-refractivity contribution is 0.0601. The van der Waals surface area contributed by atoms with Gasteiger partial charge in [-0.1, -0.05) is 11.6 Å². The number of methoxy groups -OCH3 is 1. The van der Waals surface area contributed by atoms with Gasteiger partial charge in [0.05, 0.1) is 12.7 Å². The van der Waals surface area contributed by atoms with Crippen molar-refractivity contribution in [2.75, 3.05) is 24.3 Å². The van der Waals surface area contributed by atoms with E-state index in [2.05, 4.69) is 26.7 Å². The van der Waals surface area contributed by atoms with Gasteiger partial charge in [0.15, 0.2) is 0 Å². The molecule has 0 unspecified atom stereocenters. The molecule has 6 heteroatoms. The Labute approximate surface area is 153 Å². The Kier molecular flexibility index (Phi) is 6.19. The Bertz CT molecular complexity index is 772. The van der Waals surface area contributed by atoms with Crippen LogP contribution in [0.3, 0.4) is 0 Å². The molecule has 3 rings (SSSR count). The van der Waals surface area contributed by atoms with Crippen LogP contribution < -0.4 is 10.6 Å². The lowest BCUT2D eigenvalue weighted by atomic mass is 9.97. The predicted octanol–water partition coefficient (Wildman–Crippen LogP) is 4.31. The fraction of sp³-hybridized carbons (Fsp3) is 0.350. The Morgan fingerprint density at radius 3 is 2.77 bits per heavy atom. The molecule has 1 aliphatic carbocycles. The van der Waals surface area contributed by atoms with Gasteiger partial charge >= 0.3 is 5.97 Å². The highest BCUT2D eigenvalue weighted by atomic mass is 16.5. The number of hydrogen-bond donors (Lipinski definition) is 2. The van der Waals surface area contributed by atoms with Gasteiger partial charge in [0.2, 0.25) is 5.95 Å². The van der Waals surface area contributed by atoms with E-state index in [1.165, 1.54) is 32.8 Å². The van der Waals surface area contributed by atoms with Gasteiger partial charge in [-0.15, -0.1) is 0 Å². The SMILES string of the molecule is COC(=O)c1ccc(Nc2nccc(NCCC3=CCCCC3)n2)cc1. The lowest BCUT2D eigenvalue weighted by Gasteiger charge is -2.13. The van der Waals surface area contributed by atoms with Gasteiger partial charge in [0.25, 0.3) is 0 Å². The number of anilines is 3. The molecule has 1 heterocycles. The predicted molar refractivity (Wildman–Crippen MR) is 103 cm³/mol. The zero-order chi connectivity index (χ0) is 18.2. The molecular formula is C20H24N4O2. The molecule has 26 heavy (non-hydrogen) atoms. The molecule has 0 atom stereocenters. The van der Waals surface area contributed by atoms with Crippen molar-refractivity contribution in [2.24, 2.45) is 0 Å². The van der Waals surface area contributed by atoms with Crippen molar-refractivity contribution < 1.29 is 9.53 Å². The molecule has 0 fully saturated rings. The van der Waals surface area contributed by atoms with Crippen molar-refractivity contribution in [1.29, 1.82) is 0 Å². The van der Waals surface area contributed by atoms with E-state index in [9.17, 15) is 4.79 Å². The first-order valence-corrected chi connectivity index (χ1v) is 8.95. The Morgan fingerprint density at radius 1 is 1.19 bits per heavy atom. The highest BCUT2D eigenvalue weighted by Gasteiger charge is 2.06. The second-order valence-electron chi connectivity index (χ2n) is 6.24. The summed E-state index contributed by atoms with van der Waals surface area (Å²) >= 11 is 0. The molecular weight excluding hydrogens is 328 g/mol. The molecule has 0 spiro atoms. The number of rotatable bonds is 7. The number of nitrogens with one attached hydrogen (secondary N) is 2. The van der Waals surface area contributed by atoms with E-state index in [1.807, 2.05) is 6.07 Å². The van der Waals surface area contributed by atoms with Crippen molar-refractivity contribution in [3.63, 3.8) is 0 Å². The van der Waals surface area contributed by atoms with Crippen LogP contribution in [-0.4, -0.2) is 29.6 Å². The molecule has 1 aromatic heterocycles. The minimum Gasteiger partial charge on any atom is -0.465 e. The van der Waals surface area contributed by atoms with Gasteiger partial charge in [-0.05, 0) is 62.4 Å². The first kappa shape index (κ1) is 17.9. The number of carbonyl (C=O) groups excluding carboxylic acids is 1. The van der Waals surface area contributed by atoms with Gasteiger partial charge in [0, 0.05) is 18.4 Å². The van der Waals surface area contributed by atoms with Crippen LogP contribution in [0.15, 0.2) is 48.2 Å². The molecule has 2 N–H and O–H groups in total. The highest BCUT2D eigenvalue weighted by Crippen LogP contribution is 2.20. The number of benzene rings is 1. The van der Waals surface area contributed by atoms with E-state index >= 15 is 0 Å². The number of aromatic nitrogens is 2. The number of carbonyl (C=O) groups is 1. The van der Waals surface area contributed by atoms with Gasteiger partial charge in [-0.3, -0.25) is 0 Å². The second kappa shape index (κ2) is 8.99. The first-order valence-electron chi connectivity index (χ1n) is 8.95. The molecule has 136 valence electrons. The summed E-state index contributed by atoms with van der Waals surface area (Å²) in [4.78, 5) is 20.2. The molecule has 2 aromatic rings. The van der Waals surface area contributed by atoms with Gasteiger partial charge in [0.1, 0.15) is 5.82 Å². The molecule has 1 aliphatic rings. The molecule has 0 bridgehead atoms. The van der Waals surface area contributed by atoms with Crippen LogP contribution in [0, 0.1) is 0 Å². The minimum absolute atomic E-state index is 0.355. The third kappa shape index (κ3) is 5.05. The Balaban J connectivity index is 1.55. The maximum atomic E-state index is 11.5. The summed E-state index contributed by atoms with van der Waals surface area (Å²) in [6.07, 6.45) is 10.2. The minimum atomic E-state index is -0.355. The summed E-state index contributed by atoms with van der Waals surface area (Å²) < 4.78 is 4.70. The smallest absolute Gasteiger partial charge is 0.337 e. The highest BCUT2D eigenvalue weighted by molar-refractivity contribution is 5.89. The summed E-state index contributed by atoms with van der Waals surface area (Å²) in [5.74, 6) is 0.954. The number of hydrogen-bond acceptors (Lipinski definition) is 6. The largest absolute Gasteiger partial charge is 0.465 e. The zero-order valence-electron chi connectivity index (χ0n) is 15.0. The van der Waals surface area contributed by atoms with Crippen molar-refractivity contribution in [1.82, 2.24) is 9.97 Å². The molecule has 0 aliphatic heterocycles. The molecule has 0 saturated heterocycles.